The van der Waals surface area contributed by atoms with Gasteiger partial charge in [-0.15, -0.1) is 0 Å². The van der Waals surface area contributed by atoms with Crippen molar-refractivity contribution in [2.45, 2.75) is 57.9 Å². The lowest BCUT2D eigenvalue weighted by atomic mass is 9.59. The number of carbonyl (C=O) groups excluding carboxylic acids is 2. The van der Waals surface area contributed by atoms with E-state index in [1.54, 1.807) is 0 Å². The lowest BCUT2D eigenvalue weighted by Gasteiger charge is -2.54. The van der Waals surface area contributed by atoms with E-state index in [-0.39, 0.29) is 5.41 Å². The molecule has 0 bridgehead atoms. The third-order valence-electron chi connectivity index (χ3n) is 6.54. The predicted molar refractivity (Wildman–Crippen MR) is 76.0 cm³/mol. The Morgan fingerprint density at radius 3 is 2.85 bits per heavy atom. The zero-order valence-corrected chi connectivity index (χ0v) is 12.2. The first-order valence-electron chi connectivity index (χ1n) is 8.13. The van der Waals surface area contributed by atoms with Crippen LogP contribution in [0.3, 0.4) is 0 Å². The highest BCUT2D eigenvalue weighted by Gasteiger charge is 2.55. The highest BCUT2D eigenvalue weighted by Crippen LogP contribution is 2.56. The van der Waals surface area contributed by atoms with Gasteiger partial charge in [-0.1, -0.05) is 6.92 Å². The van der Waals surface area contributed by atoms with Crippen molar-refractivity contribution < 1.29 is 9.59 Å². The molecule has 0 N–H and O–H groups in total. The minimum absolute atomic E-state index is 0.0337. The molecule has 20 heavy (non-hydrogen) atoms. The van der Waals surface area contributed by atoms with Crippen LogP contribution < -0.4 is 0 Å². The fourth-order valence-corrected chi connectivity index (χ4v) is 5.44. The molecule has 4 aliphatic rings. The molecule has 2 aliphatic heterocycles. The molecule has 3 nitrogen and oxygen atoms in total. The lowest BCUT2D eigenvalue weighted by molar-refractivity contribution is -0.131. The summed E-state index contributed by atoms with van der Waals surface area (Å²) in [6.45, 7) is 3.12. The number of hydrogen-bond donors (Lipinski definition) is 0. The summed E-state index contributed by atoms with van der Waals surface area (Å²) in [6.07, 6.45) is 8.85. The van der Waals surface area contributed by atoms with E-state index < -0.39 is 0 Å². The van der Waals surface area contributed by atoms with Gasteiger partial charge < -0.3 is 4.90 Å². The van der Waals surface area contributed by atoms with E-state index in [1.165, 1.54) is 12.1 Å². The molecule has 2 aliphatic carbocycles. The van der Waals surface area contributed by atoms with Crippen LogP contribution in [0.4, 0.5) is 0 Å². The van der Waals surface area contributed by atoms with Crippen LogP contribution in [0.1, 0.15) is 51.9 Å². The molecule has 4 rings (SSSR count). The molecule has 0 aromatic heterocycles. The minimum atomic E-state index is -0.0337. The SMILES string of the molecule is C[C@]12CCC3C(CCC4=CC(=O)CCN43)C1CCC2=O. The maximum atomic E-state index is 12.3. The molecule has 0 radical (unpaired) electrons. The van der Waals surface area contributed by atoms with Gasteiger partial charge in [0, 0.05) is 42.6 Å². The molecule has 4 atom stereocenters. The van der Waals surface area contributed by atoms with Gasteiger partial charge in [-0.2, -0.15) is 0 Å². The molecule has 0 aromatic carbocycles. The first kappa shape index (κ1) is 12.6. The Hall–Kier alpha value is -1.12. The molecule has 2 heterocycles. The highest BCUT2D eigenvalue weighted by atomic mass is 16.1. The van der Waals surface area contributed by atoms with Crippen LogP contribution in [0.2, 0.25) is 0 Å². The summed E-state index contributed by atoms with van der Waals surface area (Å²) in [6, 6.07) is 0.590. The summed E-state index contributed by atoms with van der Waals surface area (Å²) in [4.78, 5) is 26.4. The smallest absolute Gasteiger partial charge is 0.159 e. The Morgan fingerprint density at radius 2 is 2.00 bits per heavy atom. The number of carbonyl (C=O) groups is 2. The molecule has 0 aromatic rings. The number of Topliss-reactive ketones (excluding diaryl/α,β-unsaturated/α-hetero) is 1. The molecule has 108 valence electrons. The molecule has 3 heteroatoms. The molecule has 0 spiro atoms. The maximum Gasteiger partial charge on any atom is 0.159 e. The van der Waals surface area contributed by atoms with Gasteiger partial charge in [0.15, 0.2) is 5.78 Å². The van der Waals surface area contributed by atoms with Crippen LogP contribution >= 0.6 is 0 Å². The number of rotatable bonds is 0. The molecular weight excluding hydrogens is 250 g/mol. The summed E-state index contributed by atoms with van der Waals surface area (Å²) < 4.78 is 0. The topological polar surface area (TPSA) is 37.4 Å². The van der Waals surface area contributed by atoms with E-state index in [0.717, 1.165) is 38.6 Å². The van der Waals surface area contributed by atoms with Gasteiger partial charge >= 0.3 is 0 Å². The number of ketones is 2. The Kier molecular flexibility index (Phi) is 2.64. The molecular formula is C17H23NO2. The monoisotopic (exact) mass is 273 g/mol. The van der Waals surface area contributed by atoms with Crippen molar-refractivity contribution >= 4 is 11.6 Å². The van der Waals surface area contributed by atoms with Crippen molar-refractivity contribution in [2.75, 3.05) is 6.54 Å². The minimum Gasteiger partial charge on any atom is -0.371 e. The summed E-state index contributed by atoms with van der Waals surface area (Å²) >= 11 is 0. The normalized spacial score (nSPS) is 43.8. The summed E-state index contributed by atoms with van der Waals surface area (Å²) in [5, 5.41) is 0. The van der Waals surface area contributed by atoms with Crippen LogP contribution in [-0.4, -0.2) is 29.1 Å². The van der Waals surface area contributed by atoms with Crippen LogP contribution in [0.5, 0.6) is 0 Å². The molecule has 0 amide bonds. The van der Waals surface area contributed by atoms with E-state index in [9.17, 15) is 9.59 Å². The third-order valence-corrected chi connectivity index (χ3v) is 6.54. The molecule has 1 saturated heterocycles. The van der Waals surface area contributed by atoms with Gasteiger partial charge in [-0.3, -0.25) is 9.59 Å². The average Bonchev–Trinajstić information content (AvgIpc) is 2.74. The predicted octanol–water partition coefficient (Wildman–Crippen LogP) is 2.70. The average molecular weight is 273 g/mol. The van der Waals surface area contributed by atoms with Gasteiger partial charge in [0.2, 0.25) is 0 Å². The van der Waals surface area contributed by atoms with Gasteiger partial charge in [0.05, 0.1) is 0 Å². The highest BCUT2D eigenvalue weighted by molar-refractivity contribution is 5.91. The van der Waals surface area contributed by atoms with E-state index in [4.69, 9.17) is 0 Å². The van der Waals surface area contributed by atoms with Crippen molar-refractivity contribution in [1.82, 2.24) is 4.90 Å². The van der Waals surface area contributed by atoms with Gasteiger partial charge in [0.25, 0.3) is 0 Å². The van der Waals surface area contributed by atoms with Crippen LogP contribution in [0, 0.1) is 17.3 Å². The van der Waals surface area contributed by atoms with Crippen molar-refractivity contribution in [3.63, 3.8) is 0 Å². The van der Waals surface area contributed by atoms with Crippen LogP contribution in [0.25, 0.3) is 0 Å². The standard InChI is InChI=1S/C17H23NO2/c1-17-8-6-15-13(14(17)4-5-16(17)20)3-2-11-10-12(19)7-9-18(11)15/h10,13-15H,2-9H2,1H3/t13?,14?,15?,17-/m0/s1. The fourth-order valence-electron chi connectivity index (χ4n) is 5.44. The number of allylic oxidation sites excluding steroid dienone is 2. The quantitative estimate of drug-likeness (QED) is 0.681. The maximum absolute atomic E-state index is 12.3. The van der Waals surface area contributed by atoms with E-state index in [1.807, 2.05) is 6.08 Å². The number of fused-ring (bicyclic) bond motifs is 5. The zero-order chi connectivity index (χ0) is 13.9. The largest absolute Gasteiger partial charge is 0.371 e. The summed E-state index contributed by atoms with van der Waals surface area (Å²) in [7, 11) is 0. The van der Waals surface area contributed by atoms with Gasteiger partial charge in [-0.05, 0) is 43.9 Å². The zero-order valence-electron chi connectivity index (χ0n) is 12.2. The van der Waals surface area contributed by atoms with Gasteiger partial charge in [-0.25, -0.2) is 0 Å². The molecule has 2 saturated carbocycles. The second kappa shape index (κ2) is 4.19. The van der Waals surface area contributed by atoms with E-state index >= 15 is 0 Å². The fraction of sp³-hybridized carbons (Fsp3) is 0.765. The summed E-state index contributed by atoms with van der Waals surface area (Å²) in [5.41, 5.74) is 1.24. The van der Waals surface area contributed by atoms with Crippen LogP contribution in [-0.2, 0) is 9.59 Å². The Bertz CT molecular complexity index is 509. The van der Waals surface area contributed by atoms with E-state index in [0.29, 0.717) is 35.9 Å². The van der Waals surface area contributed by atoms with Crippen molar-refractivity contribution in [3.05, 3.63) is 11.8 Å². The summed E-state index contributed by atoms with van der Waals surface area (Å²) in [5.74, 6) is 2.07. The Labute approximate surface area is 120 Å². The first-order chi connectivity index (χ1) is 9.59. The van der Waals surface area contributed by atoms with Crippen molar-refractivity contribution in [1.29, 1.82) is 0 Å². The Morgan fingerprint density at radius 1 is 1.15 bits per heavy atom. The number of hydrogen-bond acceptors (Lipinski definition) is 3. The lowest BCUT2D eigenvalue weighted by Crippen LogP contribution is -2.54. The van der Waals surface area contributed by atoms with E-state index in [2.05, 4.69) is 11.8 Å². The molecule has 3 unspecified atom stereocenters. The van der Waals surface area contributed by atoms with Crippen molar-refractivity contribution in [3.8, 4) is 0 Å². The second-order valence-electron chi connectivity index (χ2n) is 7.34. The second-order valence-corrected chi connectivity index (χ2v) is 7.34. The van der Waals surface area contributed by atoms with Crippen LogP contribution in [0.15, 0.2) is 11.8 Å². The number of nitrogens with zero attached hydrogens (tertiary/aromatic N) is 1. The molecule has 3 fully saturated rings. The van der Waals surface area contributed by atoms with Crippen molar-refractivity contribution in [2.24, 2.45) is 17.3 Å². The van der Waals surface area contributed by atoms with Gasteiger partial charge in [0.1, 0.15) is 5.78 Å². The third kappa shape index (κ3) is 1.58. The number of piperidine rings is 1. The Balaban J connectivity index is 1.65. The first-order valence-corrected chi connectivity index (χ1v) is 8.13.